The number of hydrogen-bond acceptors (Lipinski definition) is 6. The van der Waals surface area contributed by atoms with Gasteiger partial charge in [0.2, 0.25) is 0 Å². The zero-order chi connectivity index (χ0) is 50.0. The fourth-order valence-electron chi connectivity index (χ4n) is 8.27. The minimum absolute atomic E-state index is 0.0780. The van der Waals surface area contributed by atoms with Crippen LogP contribution >= 0.6 is 0 Å². The van der Waals surface area contributed by atoms with Crippen molar-refractivity contribution in [1.82, 2.24) is 0 Å². The summed E-state index contributed by atoms with van der Waals surface area (Å²) < 4.78 is 16.8. The topological polar surface area (TPSA) is 78.9 Å². The third-order valence-corrected chi connectivity index (χ3v) is 12.7. The fourth-order valence-corrected chi connectivity index (χ4v) is 8.27. The average Bonchev–Trinajstić information content (AvgIpc) is 3.35. The molecule has 0 aromatic heterocycles. The van der Waals surface area contributed by atoms with Crippen molar-refractivity contribution in [2.45, 2.75) is 297 Å². The SMILES string of the molecule is CC/C=C\C/C=C\C/C=C\C/C=C\CCCCCCCCCCCCCCCCC(=O)OCC(COC(=O)CCCCCCCCCCCC)OC(=O)CCCCCCC/C=C\C/C=C\CCCC. The molecule has 0 aromatic carbocycles. The lowest BCUT2D eigenvalue weighted by Gasteiger charge is -2.18. The first-order chi connectivity index (χ1) is 34.0. The van der Waals surface area contributed by atoms with Crippen molar-refractivity contribution in [2.24, 2.45) is 0 Å². The van der Waals surface area contributed by atoms with Crippen LogP contribution in [-0.4, -0.2) is 37.2 Å². The standard InChI is InChI=1S/C63H110O6/c1-4-7-10-13-16-19-22-24-26-27-28-29-30-31-32-33-34-35-36-37-38-40-41-44-47-50-53-56-62(65)68-59-60(58-67-61(64)55-52-49-46-43-21-18-15-12-9-6-3)69-63(66)57-54-51-48-45-42-39-25-23-20-17-14-11-8-5-2/h7,10,14,16-17,19,23-26,28-29,60H,4-6,8-9,11-13,15,18,20-22,27,30-59H2,1-3H3/b10-7-,17-14-,19-16-,25-23-,26-24-,29-28-. The van der Waals surface area contributed by atoms with Gasteiger partial charge >= 0.3 is 17.9 Å². The number of allylic oxidation sites excluding steroid dienone is 12. The molecule has 0 bridgehead atoms. The van der Waals surface area contributed by atoms with E-state index in [1.807, 2.05) is 0 Å². The molecule has 0 aliphatic carbocycles. The van der Waals surface area contributed by atoms with Gasteiger partial charge in [0.15, 0.2) is 6.10 Å². The van der Waals surface area contributed by atoms with Gasteiger partial charge in [-0.1, -0.05) is 261 Å². The van der Waals surface area contributed by atoms with E-state index >= 15 is 0 Å². The molecule has 0 heterocycles. The van der Waals surface area contributed by atoms with Crippen LogP contribution in [0.1, 0.15) is 290 Å². The average molecular weight is 964 g/mol. The molecule has 0 saturated heterocycles. The summed E-state index contributed by atoms with van der Waals surface area (Å²) in [7, 11) is 0. The smallest absolute Gasteiger partial charge is 0.306 e. The summed E-state index contributed by atoms with van der Waals surface area (Å²) in [6.07, 6.45) is 73.4. The Kier molecular flexibility index (Phi) is 54.8. The molecule has 398 valence electrons. The van der Waals surface area contributed by atoms with Gasteiger partial charge in [0.05, 0.1) is 0 Å². The monoisotopic (exact) mass is 963 g/mol. The number of rotatable bonds is 53. The maximum Gasteiger partial charge on any atom is 0.306 e. The van der Waals surface area contributed by atoms with Crippen LogP contribution in [0.2, 0.25) is 0 Å². The number of hydrogen-bond donors (Lipinski definition) is 0. The summed E-state index contributed by atoms with van der Waals surface area (Å²) in [6.45, 7) is 6.48. The van der Waals surface area contributed by atoms with E-state index in [4.69, 9.17) is 14.2 Å². The van der Waals surface area contributed by atoms with Crippen LogP contribution in [0.25, 0.3) is 0 Å². The number of unbranched alkanes of at least 4 members (excludes halogenated alkanes) is 30. The van der Waals surface area contributed by atoms with E-state index in [1.54, 1.807) is 0 Å². The summed E-state index contributed by atoms with van der Waals surface area (Å²) in [5.74, 6) is -0.885. The number of carbonyl (C=O) groups excluding carboxylic acids is 3. The fraction of sp³-hybridized carbons (Fsp3) is 0.762. The molecule has 6 heteroatoms. The quantitative estimate of drug-likeness (QED) is 0.0262. The zero-order valence-electron chi connectivity index (χ0n) is 45.6. The predicted octanol–water partition coefficient (Wildman–Crippen LogP) is 19.8. The molecule has 0 amide bonds. The van der Waals surface area contributed by atoms with Gasteiger partial charge in [-0.25, -0.2) is 0 Å². The molecular weight excluding hydrogens is 853 g/mol. The highest BCUT2D eigenvalue weighted by Gasteiger charge is 2.19. The summed E-state index contributed by atoms with van der Waals surface area (Å²) in [5.41, 5.74) is 0. The Morgan fingerprint density at radius 1 is 0.304 bits per heavy atom. The highest BCUT2D eigenvalue weighted by atomic mass is 16.6. The Hall–Kier alpha value is -3.15. The highest BCUT2D eigenvalue weighted by molar-refractivity contribution is 5.71. The number of esters is 3. The van der Waals surface area contributed by atoms with Gasteiger partial charge in [-0.2, -0.15) is 0 Å². The van der Waals surface area contributed by atoms with Crippen LogP contribution in [0.4, 0.5) is 0 Å². The van der Waals surface area contributed by atoms with Gasteiger partial charge in [-0.15, -0.1) is 0 Å². The van der Waals surface area contributed by atoms with Crippen LogP contribution in [0.15, 0.2) is 72.9 Å². The maximum absolute atomic E-state index is 12.8. The summed E-state index contributed by atoms with van der Waals surface area (Å²) in [5, 5.41) is 0. The largest absolute Gasteiger partial charge is 0.462 e. The second-order valence-electron chi connectivity index (χ2n) is 19.5. The summed E-state index contributed by atoms with van der Waals surface area (Å²) in [4.78, 5) is 38.1. The first-order valence-electron chi connectivity index (χ1n) is 29.4. The van der Waals surface area contributed by atoms with E-state index < -0.39 is 6.10 Å². The second kappa shape index (κ2) is 57.4. The van der Waals surface area contributed by atoms with Crippen molar-refractivity contribution >= 4 is 17.9 Å². The van der Waals surface area contributed by atoms with E-state index in [9.17, 15) is 14.4 Å². The molecular formula is C63H110O6. The number of carbonyl (C=O) groups is 3. The molecule has 0 rings (SSSR count). The molecule has 69 heavy (non-hydrogen) atoms. The molecule has 0 aromatic rings. The molecule has 6 nitrogen and oxygen atoms in total. The van der Waals surface area contributed by atoms with Crippen LogP contribution < -0.4 is 0 Å². The van der Waals surface area contributed by atoms with Gasteiger partial charge in [-0.05, 0) is 83.5 Å². The van der Waals surface area contributed by atoms with E-state index in [2.05, 4.69) is 93.7 Å². The Balaban J connectivity index is 4.18. The Bertz CT molecular complexity index is 1290. The van der Waals surface area contributed by atoms with Gasteiger partial charge in [0.1, 0.15) is 13.2 Å². The van der Waals surface area contributed by atoms with Gasteiger partial charge in [0, 0.05) is 19.3 Å². The zero-order valence-corrected chi connectivity index (χ0v) is 45.6. The third-order valence-electron chi connectivity index (χ3n) is 12.7. The maximum atomic E-state index is 12.8. The molecule has 0 N–H and O–H groups in total. The molecule has 0 spiro atoms. The van der Waals surface area contributed by atoms with Crippen LogP contribution in [-0.2, 0) is 28.6 Å². The normalized spacial score (nSPS) is 12.6. The molecule has 0 aliphatic rings. The van der Waals surface area contributed by atoms with Crippen LogP contribution in [0.5, 0.6) is 0 Å². The van der Waals surface area contributed by atoms with E-state index in [0.29, 0.717) is 19.3 Å². The lowest BCUT2D eigenvalue weighted by molar-refractivity contribution is -0.167. The van der Waals surface area contributed by atoms with Crippen molar-refractivity contribution in [3.05, 3.63) is 72.9 Å². The second-order valence-corrected chi connectivity index (χ2v) is 19.5. The van der Waals surface area contributed by atoms with Gasteiger partial charge in [-0.3, -0.25) is 14.4 Å². The third kappa shape index (κ3) is 55.6. The number of ether oxygens (including phenoxy) is 3. The molecule has 0 fully saturated rings. The minimum Gasteiger partial charge on any atom is -0.462 e. The lowest BCUT2D eigenvalue weighted by atomic mass is 10.0. The first-order valence-corrected chi connectivity index (χ1v) is 29.4. The van der Waals surface area contributed by atoms with E-state index in [1.165, 1.54) is 141 Å². The minimum atomic E-state index is -0.779. The lowest BCUT2D eigenvalue weighted by Crippen LogP contribution is -2.30. The molecule has 0 saturated carbocycles. The summed E-state index contributed by atoms with van der Waals surface area (Å²) >= 11 is 0. The highest BCUT2D eigenvalue weighted by Crippen LogP contribution is 2.16. The Morgan fingerprint density at radius 2 is 0.580 bits per heavy atom. The van der Waals surface area contributed by atoms with Crippen molar-refractivity contribution in [1.29, 1.82) is 0 Å². The molecule has 0 radical (unpaired) electrons. The first kappa shape index (κ1) is 65.8. The van der Waals surface area contributed by atoms with Crippen LogP contribution in [0, 0.1) is 0 Å². The van der Waals surface area contributed by atoms with Crippen LogP contribution in [0.3, 0.4) is 0 Å². The summed E-state index contributed by atoms with van der Waals surface area (Å²) in [6, 6.07) is 0. The van der Waals surface area contributed by atoms with Crippen molar-refractivity contribution in [2.75, 3.05) is 13.2 Å². The van der Waals surface area contributed by atoms with Gasteiger partial charge < -0.3 is 14.2 Å². The molecule has 1 atom stereocenters. The van der Waals surface area contributed by atoms with Crippen molar-refractivity contribution in [3.8, 4) is 0 Å². The molecule has 0 aliphatic heterocycles. The van der Waals surface area contributed by atoms with Gasteiger partial charge in [0.25, 0.3) is 0 Å². The van der Waals surface area contributed by atoms with Crippen molar-refractivity contribution in [3.63, 3.8) is 0 Å². The van der Waals surface area contributed by atoms with E-state index in [0.717, 1.165) is 109 Å². The Morgan fingerprint density at radius 3 is 0.928 bits per heavy atom. The Labute approximate surface area is 427 Å². The predicted molar refractivity (Wildman–Crippen MR) is 298 cm³/mol. The van der Waals surface area contributed by atoms with E-state index in [-0.39, 0.29) is 31.1 Å². The van der Waals surface area contributed by atoms with Crippen molar-refractivity contribution < 1.29 is 28.6 Å². The molecule has 1 unspecified atom stereocenters.